The maximum Gasteiger partial charge on any atom is 0.336 e. The van der Waals surface area contributed by atoms with Crippen LogP contribution in [0, 0.1) is 27.7 Å². The molecule has 0 N–H and O–H groups in total. The van der Waals surface area contributed by atoms with Crippen LogP contribution in [0.5, 0.6) is 5.75 Å². The first kappa shape index (κ1) is 20.4. The van der Waals surface area contributed by atoms with Gasteiger partial charge in [-0.05, 0) is 64.3 Å². The van der Waals surface area contributed by atoms with Crippen LogP contribution in [-0.4, -0.2) is 29.7 Å². The predicted molar refractivity (Wildman–Crippen MR) is 115 cm³/mol. The van der Waals surface area contributed by atoms with E-state index in [1.165, 1.54) is 6.07 Å². The molecule has 1 fully saturated rings. The molecule has 0 aliphatic carbocycles. The van der Waals surface area contributed by atoms with E-state index in [2.05, 4.69) is 4.57 Å². The molecule has 4 rings (SSSR count). The Hall–Kier alpha value is -2.86. The molecule has 1 aliphatic rings. The van der Waals surface area contributed by atoms with Crippen LogP contribution in [0.3, 0.4) is 0 Å². The number of carbonyl (C=O) groups excluding carboxylic acids is 1. The second-order valence-electron chi connectivity index (χ2n) is 8.06. The molecule has 1 atom stereocenters. The van der Waals surface area contributed by atoms with Crippen molar-refractivity contribution in [3.05, 3.63) is 62.8 Å². The number of Topliss-reactive ketones (excluding diaryl/α,β-unsaturated/α-hetero) is 1. The van der Waals surface area contributed by atoms with E-state index < -0.39 is 5.63 Å². The summed E-state index contributed by atoms with van der Waals surface area (Å²) in [5.74, 6) is 0.463. The highest BCUT2D eigenvalue weighted by atomic mass is 16.5. The second-order valence-corrected chi connectivity index (χ2v) is 8.06. The van der Waals surface area contributed by atoms with Gasteiger partial charge >= 0.3 is 5.63 Å². The summed E-state index contributed by atoms with van der Waals surface area (Å²) in [6, 6.07) is 7.07. The average molecular weight is 409 g/mol. The van der Waals surface area contributed by atoms with Crippen molar-refractivity contribution in [1.29, 1.82) is 0 Å². The van der Waals surface area contributed by atoms with Gasteiger partial charge in [0.05, 0.1) is 6.10 Å². The van der Waals surface area contributed by atoms with Gasteiger partial charge < -0.3 is 18.5 Å². The third-order valence-electron chi connectivity index (χ3n) is 5.96. The molecule has 30 heavy (non-hydrogen) atoms. The van der Waals surface area contributed by atoms with Gasteiger partial charge in [-0.2, -0.15) is 0 Å². The molecule has 1 aromatic carbocycles. The van der Waals surface area contributed by atoms with Crippen molar-refractivity contribution in [2.24, 2.45) is 0 Å². The molecule has 1 saturated heterocycles. The van der Waals surface area contributed by atoms with Crippen molar-refractivity contribution < 1.29 is 18.7 Å². The third-order valence-corrected chi connectivity index (χ3v) is 5.96. The van der Waals surface area contributed by atoms with E-state index in [-0.39, 0.29) is 18.5 Å². The fourth-order valence-electron chi connectivity index (χ4n) is 4.23. The van der Waals surface area contributed by atoms with Gasteiger partial charge in [0.2, 0.25) is 5.78 Å². The molecular weight excluding hydrogens is 382 g/mol. The summed E-state index contributed by atoms with van der Waals surface area (Å²) in [5, 5.41) is 0.864. The van der Waals surface area contributed by atoms with Crippen LogP contribution in [-0.2, 0) is 11.3 Å². The Morgan fingerprint density at radius 2 is 2.00 bits per heavy atom. The van der Waals surface area contributed by atoms with E-state index in [9.17, 15) is 9.59 Å². The molecule has 2 aromatic heterocycles. The van der Waals surface area contributed by atoms with Crippen molar-refractivity contribution in [3.63, 3.8) is 0 Å². The number of ketones is 1. The average Bonchev–Trinajstić information content (AvgIpc) is 3.31. The Bertz CT molecular complexity index is 1160. The fraction of sp³-hybridized carbons (Fsp3) is 0.417. The number of benzene rings is 1. The van der Waals surface area contributed by atoms with E-state index >= 15 is 0 Å². The minimum Gasteiger partial charge on any atom is -0.485 e. The fourth-order valence-corrected chi connectivity index (χ4v) is 4.23. The minimum absolute atomic E-state index is 0.0768. The molecule has 1 aliphatic heterocycles. The first-order valence-corrected chi connectivity index (χ1v) is 10.3. The molecule has 3 heterocycles. The number of aromatic nitrogens is 1. The molecule has 0 bridgehead atoms. The van der Waals surface area contributed by atoms with Crippen molar-refractivity contribution in [2.75, 3.05) is 13.2 Å². The molecule has 0 saturated carbocycles. The zero-order valence-electron chi connectivity index (χ0n) is 17.9. The van der Waals surface area contributed by atoms with Crippen LogP contribution in [0.4, 0.5) is 0 Å². The lowest BCUT2D eigenvalue weighted by molar-refractivity contribution is 0.0914. The van der Waals surface area contributed by atoms with Gasteiger partial charge in [-0.1, -0.05) is 0 Å². The lowest BCUT2D eigenvalue weighted by Gasteiger charge is -2.15. The van der Waals surface area contributed by atoms with Gasteiger partial charge in [0, 0.05) is 47.1 Å². The summed E-state index contributed by atoms with van der Waals surface area (Å²) in [5.41, 5.74) is 4.33. The SMILES string of the molecule is Cc1cc(=O)oc2c(C)c(OCC(=O)c3cc(C)n(C[C@H]4CCCO4)c3C)ccc12. The largest absolute Gasteiger partial charge is 0.485 e. The zero-order chi connectivity index (χ0) is 21.4. The summed E-state index contributed by atoms with van der Waals surface area (Å²) in [4.78, 5) is 24.6. The summed E-state index contributed by atoms with van der Waals surface area (Å²) in [7, 11) is 0. The van der Waals surface area contributed by atoms with Gasteiger partial charge in [-0.3, -0.25) is 4.79 Å². The number of ether oxygens (including phenoxy) is 2. The Morgan fingerprint density at radius 3 is 2.73 bits per heavy atom. The number of hydrogen-bond acceptors (Lipinski definition) is 5. The van der Waals surface area contributed by atoms with Crippen LogP contribution < -0.4 is 10.4 Å². The van der Waals surface area contributed by atoms with Gasteiger partial charge in [-0.15, -0.1) is 0 Å². The quantitative estimate of drug-likeness (QED) is 0.449. The van der Waals surface area contributed by atoms with E-state index in [4.69, 9.17) is 13.9 Å². The summed E-state index contributed by atoms with van der Waals surface area (Å²) < 4.78 is 19.1. The van der Waals surface area contributed by atoms with Crippen LogP contribution in [0.2, 0.25) is 0 Å². The normalized spacial score (nSPS) is 16.3. The maximum absolute atomic E-state index is 12.9. The van der Waals surface area contributed by atoms with Crippen molar-refractivity contribution in [1.82, 2.24) is 4.57 Å². The Morgan fingerprint density at radius 1 is 1.20 bits per heavy atom. The van der Waals surface area contributed by atoms with Crippen LogP contribution in [0.25, 0.3) is 11.0 Å². The summed E-state index contributed by atoms with van der Waals surface area (Å²) >= 11 is 0. The molecule has 0 spiro atoms. The van der Waals surface area contributed by atoms with E-state index in [0.717, 1.165) is 48.3 Å². The third kappa shape index (κ3) is 3.79. The second kappa shape index (κ2) is 8.11. The number of rotatable bonds is 6. The molecule has 158 valence electrons. The van der Waals surface area contributed by atoms with E-state index in [0.29, 0.717) is 22.5 Å². The number of fused-ring (bicyclic) bond motifs is 1. The first-order chi connectivity index (χ1) is 14.3. The first-order valence-electron chi connectivity index (χ1n) is 10.3. The van der Waals surface area contributed by atoms with Crippen LogP contribution in [0.15, 0.2) is 33.5 Å². The molecule has 3 aromatic rings. The zero-order valence-corrected chi connectivity index (χ0v) is 17.9. The number of hydrogen-bond donors (Lipinski definition) is 0. The predicted octanol–water partition coefficient (Wildman–Crippen LogP) is 4.27. The highest BCUT2D eigenvalue weighted by molar-refractivity contribution is 5.98. The number of nitrogens with zero attached hydrogens (tertiary/aromatic N) is 1. The molecule has 6 heteroatoms. The monoisotopic (exact) mass is 409 g/mol. The Labute approximate surface area is 175 Å². The Kier molecular flexibility index (Phi) is 5.52. The lowest BCUT2D eigenvalue weighted by atomic mass is 10.1. The van der Waals surface area contributed by atoms with E-state index in [1.807, 2.05) is 45.9 Å². The molecule has 0 radical (unpaired) electrons. The van der Waals surface area contributed by atoms with Crippen molar-refractivity contribution >= 4 is 16.8 Å². The van der Waals surface area contributed by atoms with Gasteiger partial charge in [0.15, 0.2) is 6.61 Å². The van der Waals surface area contributed by atoms with Crippen molar-refractivity contribution in [2.45, 2.75) is 53.2 Å². The maximum atomic E-state index is 12.9. The summed E-state index contributed by atoms with van der Waals surface area (Å²) in [6.07, 6.45) is 2.36. The van der Waals surface area contributed by atoms with Gasteiger partial charge in [-0.25, -0.2) is 4.79 Å². The molecule has 0 unspecified atom stereocenters. The minimum atomic E-state index is -0.394. The van der Waals surface area contributed by atoms with Crippen LogP contribution >= 0.6 is 0 Å². The van der Waals surface area contributed by atoms with Gasteiger partial charge in [0.25, 0.3) is 0 Å². The summed E-state index contributed by atoms with van der Waals surface area (Å²) in [6.45, 7) is 9.19. The Balaban J connectivity index is 1.52. The number of carbonyl (C=O) groups is 1. The number of aryl methyl sites for hydroxylation is 3. The van der Waals surface area contributed by atoms with Crippen LogP contribution in [0.1, 0.15) is 45.7 Å². The smallest absolute Gasteiger partial charge is 0.336 e. The lowest BCUT2D eigenvalue weighted by Crippen LogP contribution is -2.18. The highest BCUT2D eigenvalue weighted by Crippen LogP contribution is 2.28. The van der Waals surface area contributed by atoms with Gasteiger partial charge in [0.1, 0.15) is 11.3 Å². The topological polar surface area (TPSA) is 70.7 Å². The highest BCUT2D eigenvalue weighted by Gasteiger charge is 2.21. The van der Waals surface area contributed by atoms with E-state index in [1.54, 1.807) is 0 Å². The molecular formula is C24H27NO5. The van der Waals surface area contributed by atoms with Crippen molar-refractivity contribution in [3.8, 4) is 5.75 Å². The standard InChI is InChI=1S/C24H27NO5/c1-14-10-23(27)30-24-16(3)22(8-7-19(14)24)29-13-21(26)20-11-15(2)25(17(20)4)12-18-6-5-9-28-18/h7-8,10-11,18H,5-6,9,12-13H2,1-4H3/t18-/m1/s1. The molecule has 0 amide bonds. The molecule has 6 nitrogen and oxygen atoms in total.